The molecule has 0 unspecified atom stereocenters. The van der Waals surface area contributed by atoms with Crippen molar-refractivity contribution in [3.8, 4) is 28.7 Å². The zero-order valence-corrected chi connectivity index (χ0v) is 22.2. The monoisotopic (exact) mass is 498 g/mol. The van der Waals surface area contributed by atoms with Gasteiger partial charge in [-0.1, -0.05) is 26.0 Å². The molecule has 2 aromatic carbocycles. The quantitative estimate of drug-likeness (QED) is 0.432. The standard InChI is InChI=1S/C28H38N2O6/c1-20(2)19-36-23-10-7-21(17-25(23)33-4)8-12-26(31)30-15-13-29(14-16-30)18-22-9-11-24(32-3)28(35-6)27(22)34-5/h7-12,17,20H,13-16,18-19H2,1-6H3/b12-8+. The molecule has 0 spiro atoms. The number of ether oxygens (including phenoxy) is 5. The van der Waals surface area contributed by atoms with E-state index in [0.717, 1.165) is 24.2 Å². The lowest BCUT2D eigenvalue weighted by Crippen LogP contribution is -2.47. The predicted molar refractivity (Wildman–Crippen MR) is 140 cm³/mol. The Balaban J connectivity index is 1.57. The van der Waals surface area contributed by atoms with E-state index in [2.05, 4.69) is 18.7 Å². The van der Waals surface area contributed by atoms with E-state index in [-0.39, 0.29) is 5.91 Å². The Kier molecular flexibility index (Phi) is 9.87. The average molecular weight is 499 g/mol. The minimum Gasteiger partial charge on any atom is -0.493 e. The number of benzene rings is 2. The first-order valence-corrected chi connectivity index (χ1v) is 12.2. The van der Waals surface area contributed by atoms with Crippen LogP contribution in [-0.2, 0) is 11.3 Å². The fourth-order valence-corrected chi connectivity index (χ4v) is 4.09. The van der Waals surface area contributed by atoms with Gasteiger partial charge in [-0.2, -0.15) is 0 Å². The molecule has 1 amide bonds. The zero-order valence-electron chi connectivity index (χ0n) is 22.2. The minimum absolute atomic E-state index is 0.00236. The number of methoxy groups -OCH3 is 4. The Labute approximate surface area is 214 Å². The number of amides is 1. The summed E-state index contributed by atoms with van der Waals surface area (Å²) in [6, 6.07) is 9.57. The van der Waals surface area contributed by atoms with Crippen LogP contribution in [-0.4, -0.2) is 76.9 Å². The molecular weight excluding hydrogens is 460 g/mol. The Morgan fingerprint density at radius 3 is 2.14 bits per heavy atom. The van der Waals surface area contributed by atoms with E-state index in [9.17, 15) is 4.79 Å². The first-order chi connectivity index (χ1) is 17.4. The highest BCUT2D eigenvalue weighted by molar-refractivity contribution is 5.92. The molecule has 1 aliphatic heterocycles. The van der Waals surface area contributed by atoms with Crippen LogP contribution in [0.5, 0.6) is 28.7 Å². The van der Waals surface area contributed by atoms with Crippen LogP contribution in [0.25, 0.3) is 6.08 Å². The molecule has 0 radical (unpaired) electrons. The van der Waals surface area contributed by atoms with Gasteiger partial charge in [0, 0.05) is 44.4 Å². The normalized spacial score (nSPS) is 14.2. The Morgan fingerprint density at radius 2 is 1.53 bits per heavy atom. The third-order valence-electron chi connectivity index (χ3n) is 6.04. The summed E-state index contributed by atoms with van der Waals surface area (Å²) in [6.45, 7) is 8.37. The summed E-state index contributed by atoms with van der Waals surface area (Å²) in [5.41, 5.74) is 1.90. The third kappa shape index (κ3) is 6.85. The summed E-state index contributed by atoms with van der Waals surface area (Å²) in [7, 11) is 6.46. The van der Waals surface area contributed by atoms with E-state index in [1.54, 1.807) is 34.5 Å². The smallest absolute Gasteiger partial charge is 0.246 e. The molecule has 0 atom stereocenters. The van der Waals surface area contributed by atoms with Crippen molar-refractivity contribution in [1.82, 2.24) is 9.80 Å². The number of nitrogens with zero attached hydrogens (tertiary/aromatic N) is 2. The van der Waals surface area contributed by atoms with E-state index in [1.165, 1.54) is 0 Å². The van der Waals surface area contributed by atoms with Gasteiger partial charge in [0.25, 0.3) is 0 Å². The van der Waals surface area contributed by atoms with Crippen molar-refractivity contribution in [1.29, 1.82) is 0 Å². The van der Waals surface area contributed by atoms with Crippen molar-refractivity contribution in [2.24, 2.45) is 5.92 Å². The first-order valence-electron chi connectivity index (χ1n) is 12.2. The maximum atomic E-state index is 12.8. The fraction of sp³-hybridized carbons (Fsp3) is 0.464. The van der Waals surface area contributed by atoms with Gasteiger partial charge in [-0.15, -0.1) is 0 Å². The second-order valence-electron chi connectivity index (χ2n) is 9.04. The highest BCUT2D eigenvalue weighted by Crippen LogP contribution is 2.40. The van der Waals surface area contributed by atoms with Crippen LogP contribution in [0.3, 0.4) is 0 Å². The lowest BCUT2D eigenvalue weighted by atomic mass is 10.1. The minimum atomic E-state index is -0.00236. The molecule has 0 aromatic heterocycles. The first kappa shape index (κ1) is 27.2. The molecule has 8 heteroatoms. The lowest BCUT2D eigenvalue weighted by molar-refractivity contribution is -0.127. The van der Waals surface area contributed by atoms with Crippen molar-refractivity contribution in [2.75, 3.05) is 61.2 Å². The number of hydrogen-bond acceptors (Lipinski definition) is 7. The molecule has 0 saturated carbocycles. The van der Waals surface area contributed by atoms with Gasteiger partial charge in [0.1, 0.15) is 0 Å². The summed E-state index contributed by atoms with van der Waals surface area (Å²) < 4.78 is 27.8. The lowest BCUT2D eigenvalue weighted by Gasteiger charge is -2.34. The highest BCUT2D eigenvalue weighted by atomic mass is 16.5. The second kappa shape index (κ2) is 13.1. The molecule has 0 bridgehead atoms. The van der Waals surface area contributed by atoms with Crippen molar-refractivity contribution in [2.45, 2.75) is 20.4 Å². The number of carbonyl (C=O) groups excluding carboxylic acids is 1. The summed E-state index contributed by atoms with van der Waals surface area (Å²) in [5.74, 6) is 3.69. The Morgan fingerprint density at radius 1 is 0.861 bits per heavy atom. The molecule has 1 saturated heterocycles. The van der Waals surface area contributed by atoms with E-state index >= 15 is 0 Å². The number of rotatable bonds is 11. The highest BCUT2D eigenvalue weighted by Gasteiger charge is 2.22. The maximum absolute atomic E-state index is 12.8. The summed E-state index contributed by atoms with van der Waals surface area (Å²) in [5, 5.41) is 0. The molecular formula is C28H38N2O6. The van der Waals surface area contributed by atoms with Gasteiger partial charge in [0.15, 0.2) is 23.0 Å². The van der Waals surface area contributed by atoms with Gasteiger partial charge in [-0.25, -0.2) is 0 Å². The van der Waals surface area contributed by atoms with Crippen LogP contribution in [0.15, 0.2) is 36.4 Å². The maximum Gasteiger partial charge on any atom is 0.246 e. The molecule has 196 valence electrons. The third-order valence-corrected chi connectivity index (χ3v) is 6.04. The summed E-state index contributed by atoms with van der Waals surface area (Å²) >= 11 is 0. The Hall–Kier alpha value is -3.39. The molecule has 2 aromatic rings. The van der Waals surface area contributed by atoms with E-state index < -0.39 is 0 Å². The largest absolute Gasteiger partial charge is 0.493 e. The van der Waals surface area contributed by atoms with Crippen LogP contribution in [0.4, 0.5) is 0 Å². The van der Waals surface area contributed by atoms with E-state index in [4.69, 9.17) is 23.7 Å². The van der Waals surface area contributed by atoms with E-state index in [0.29, 0.717) is 60.9 Å². The van der Waals surface area contributed by atoms with Crippen molar-refractivity contribution in [3.05, 3.63) is 47.5 Å². The van der Waals surface area contributed by atoms with Crippen molar-refractivity contribution < 1.29 is 28.5 Å². The number of carbonyl (C=O) groups is 1. The van der Waals surface area contributed by atoms with Crippen molar-refractivity contribution >= 4 is 12.0 Å². The molecule has 1 fully saturated rings. The number of hydrogen-bond donors (Lipinski definition) is 0. The molecule has 3 rings (SSSR count). The fourth-order valence-electron chi connectivity index (χ4n) is 4.09. The molecule has 1 heterocycles. The molecule has 36 heavy (non-hydrogen) atoms. The van der Waals surface area contributed by atoms with Crippen molar-refractivity contribution in [3.63, 3.8) is 0 Å². The zero-order chi connectivity index (χ0) is 26.1. The van der Waals surface area contributed by atoms with Gasteiger partial charge in [-0.3, -0.25) is 9.69 Å². The Bertz CT molecular complexity index is 1040. The average Bonchev–Trinajstić information content (AvgIpc) is 2.90. The molecule has 8 nitrogen and oxygen atoms in total. The molecule has 1 aliphatic rings. The van der Waals surface area contributed by atoms with E-state index in [1.807, 2.05) is 41.3 Å². The topological polar surface area (TPSA) is 69.7 Å². The summed E-state index contributed by atoms with van der Waals surface area (Å²) in [6.07, 6.45) is 3.44. The van der Waals surface area contributed by atoms with Crippen LogP contribution in [0, 0.1) is 5.92 Å². The molecule has 0 N–H and O–H groups in total. The van der Waals surface area contributed by atoms with Gasteiger partial charge in [-0.05, 0) is 35.8 Å². The SMILES string of the molecule is COc1cc(/C=C/C(=O)N2CCN(Cc3ccc(OC)c(OC)c3OC)CC2)ccc1OCC(C)C. The predicted octanol–water partition coefficient (Wildman–Crippen LogP) is 4.11. The van der Waals surface area contributed by atoms with Gasteiger partial charge < -0.3 is 28.6 Å². The molecule has 0 aliphatic carbocycles. The van der Waals surface area contributed by atoms with Gasteiger partial charge in [0.05, 0.1) is 35.0 Å². The van der Waals surface area contributed by atoms with Gasteiger partial charge >= 0.3 is 0 Å². The van der Waals surface area contributed by atoms with Gasteiger partial charge in [0.2, 0.25) is 11.7 Å². The van der Waals surface area contributed by atoms with Crippen LogP contribution < -0.4 is 23.7 Å². The second-order valence-corrected chi connectivity index (χ2v) is 9.04. The summed E-state index contributed by atoms with van der Waals surface area (Å²) in [4.78, 5) is 17.0. The van der Waals surface area contributed by atoms with Crippen LogP contribution in [0.1, 0.15) is 25.0 Å². The van der Waals surface area contributed by atoms with Crippen LogP contribution >= 0.6 is 0 Å². The van der Waals surface area contributed by atoms with Crippen LogP contribution in [0.2, 0.25) is 0 Å². The number of piperazine rings is 1.